The highest BCUT2D eigenvalue weighted by atomic mass is 16.5. The quantitative estimate of drug-likeness (QED) is 0.558. The number of rotatable bonds is 0. The molecule has 0 spiro atoms. The Labute approximate surface area is 58.6 Å². The monoisotopic (exact) mass is 139 g/mol. The molecular formula is C6H9N3O. The van der Waals surface area contributed by atoms with Gasteiger partial charge < -0.3 is 10.3 Å². The molecule has 0 amide bonds. The van der Waals surface area contributed by atoms with Gasteiger partial charge in [0.15, 0.2) is 0 Å². The molecule has 0 aliphatic carbocycles. The standard InChI is InChI=1S/C6H9N3O/c1-9-2-4-5(3-9)8-10-6(4)7/h2-3,7H2,1H3. The van der Waals surface area contributed by atoms with Gasteiger partial charge in [0.2, 0.25) is 5.88 Å². The van der Waals surface area contributed by atoms with Crippen LogP contribution >= 0.6 is 0 Å². The number of nitrogens with two attached hydrogens (primary N) is 1. The Kier molecular flexibility index (Phi) is 0.990. The highest BCUT2D eigenvalue weighted by Gasteiger charge is 2.22. The van der Waals surface area contributed by atoms with E-state index in [1.165, 1.54) is 0 Å². The molecule has 2 heterocycles. The minimum absolute atomic E-state index is 0.472. The van der Waals surface area contributed by atoms with Crippen LogP contribution in [-0.2, 0) is 13.1 Å². The average molecular weight is 139 g/mol. The molecule has 0 fully saturated rings. The van der Waals surface area contributed by atoms with Gasteiger partial charge >= 0.3 is 0 Å². The summed E-state index contributed by atoms with van der Waals surface area (Å²) in [5.41, 5.74) is 7.54. The number of aromatic nitrogens is 1. The van der Waals surface area contributed by atoms with Crippen LogP contribution in [0.1, 0.15) is 11.3 Å². The fraction of sp³-hybridized carbons (Fsp3) is 0.500. The Hall–Kier alpha value is -1.03. The Morgan fingerprint density at radius 3 is 3.10 bits per heavy atom. The Bertz CT molecular complexity index is 255. The normalized spacial score (nSPS) is 17.7. The van der Waals surface area contributed by atoms with Gasteiger partial charge in [-0.25, -0.2) is 0 Å². The molecule has 0 saturated carbocycles. The SMILES string of the molecule is CN1Cc2noc(N)c2C1. The summed E-state index contributed by atoms with van der Waals surface area (Å²) in [6, 6.07) is 0. The lowest BCUT2D eigenvalue weighted by molar-refractivity contribution is 0.327. The van der Waals surface area contributed by atoms with Crippen LogP contribution in [0.15, 0.2) is 4.52 Å². The number of fused-ring (bicyclic) bond motifs is 1. The van der Waals surface area contributed by atoms with Crippen molar-refractivity contribution in [3.63, 3.8) is 0 Å². The van der Waals surface area contributed by atoms with E-state index >= 15 is 0 Å². The van der Waals surface area contributed by atoms with E-state index in [4.69, 9.17) is 10.3 Å². The molecule has 54 valence electrons. The number of nitrogens with zero attached hydrogens (tertiary/aromatic N) is 2. The average Bonchev–Trinajstić information content (AvgIpc) is 2.35. The van der Waals surface area contributed by atoms with Gasteiger partial charge in [-0.05, 0) is 7.05 Å². The minimum atomic E-state index is 0.472. The second-order valence-corrected chi connectivity index (χ2v) is 2.64. The fourth-order valence-corrected chi connectivity index (χ4v) is 1.23. The highest BCUT2D eigenvalue weighted by Crippen LogP contribution is 2.24. The maximum absolute atomic E-state index is 5.50. The summed E-state index contributed by atoms with van der Waals surface area (Å²) < 4.78 is 4.79. The number of hydrogen-bond donors (Lipinski definition) is 1. The van der Waals surface area contributed by atoms with E-state index in [1.54, 1.807) is 0 Å². The summed E-state index contributed by atoms with van der Waals surface area (Å²) in [6.45, 7) is 1.72. The zero-order chi connectivity index (χ0) is 7.14. The third-order valence-electron chi connectivity index (χ3n) is 1.75. The first-order valence-electron chi connectivity index (χ1n) is 3.19. The first-order chi connectivity index (χ1) is 4.77. The molecule has 0 saturated heterocycles. The topological polar surface area (TPSA) is 55.3 Å². The first-order valence-corrected chi connectivity index (χ1v) is 3.19. The molecule has 1 aliphatic heterocycles. The molecule has 1 aromatic heterocycles. The molecule has 10 heavy (non-hydrogen) atoms. The van der Waals surface area contributed by atoms with Crippen LogP contribution in [0.25, 0.3) is 0 Å². The van der Waals surface area contributed by atoms with Crippen LogP contribution in [0.2, 0.25) is 0 Å². The van der Waals surface area contributed by atoms with Gasteiger partial charge in [0.1, 0.15) is 5.69 Å². The van der Waals surface area contributed by atoms with Crippen molar-refractivity contribution in [2.75, 3.05) is 12.8 Å². The predicted molar refractivity (Wildman–Crippen MR) is 36.1 cm³/mol. The highest BCUT2D eigenvalue weighted by molar-refractivity contribution is 5.40. The van der Waals surface area contributed by atoms with Gasteiger partial charge in [0, 0.05) is 13.1 Å². The molecule has 0 radical (unpaired) electrons. The van der Waals surface area contributed by atoms with Crippen molar-refractivity contribution >= 4 is 5.88 Å². The summed E-state index contributed by atoms with van der Waals surface area (Å²) in [4.78, 5) is 2.14. The summed E-state index contributed by atoms with van der Waals surface area (Å²) in [6.07, 6.45) is 0. The smallest absolute Gasteiger partial charge is 0.226 e. The van der Waals surface area contributed by atoms with Gasteiger partial charge in [-0.15, -0.1) is 0 Å². The van der Waals surface area contributed by atoms with E-state index in [1.807, 2.05) is 7.05 Å². The van der Waals surface area contributed by atoms with E-state index in [0.29, 0.717) is 5.88 Å². The lowest BCUT2D eigenvalue weighted by atomic mass is 10.3. The molecule has 1 aromatic rings. The zero-order valence-electron chi connectivity index (χ0n) is 5.79. The van der Waals surface area contributed by atoms with Crippen LogP contribution in [0, 0.1) is 0 Å². The molecule has 2 rings (SSSR count). The van der Waals surface area contributed by atoms with Gasteiger partial charge in [0.25, 0.3) is 0 Å². The third kappa shape index (κ3) is 0.623. The molecule has 4 heteroatoms. The van der Waals surface area contributed by atoms with Gasteiger partial charge in [-0.3, -0.25) is 4.90 Å². The van der Waals surface area contributed by atoms with Crippen molar-refractivity contribution in [3.8, 4) is 0 Å². The summed E-state index contributed by atoms with van der Waals surface area (Å²) in [5.74, 6) is 0.472. The first kappa shape index (κ1) is 5.73. The Morgan fingerprint density at radius 1 is 1.60 bits per heavy atom. The van der Waals surface area contributed by atoms with Gasteiger partial charge in [-0.1, -0.05) is 5.16 Å². The van der Waals surface area contributed by atoms with E-state index in [9.17, 15) is 0 Å². The van der Waals surface area contributed by atoms with Crippen LogP contribution in [0.3, 0.4) is 0 Å². The maximum Gasteiger partial charge on any atom is 0.226 e. The number of nitrogen functional groups attached to an aromatic ring is 1. The van der Waals surface area contributed by atoms with Crippen molar-refractivity contribution < 1.29 is 4.52 Å². The van der Waals surface area contributed by atoms with Crippen molar-refractivity contribution in [2.45, 2.75) is 13.1 Å². The molecule has 0 bridgehead atoms. The van der Waals surface area contributed by atoms with Crippen molar-refractivity contribution in [2.24, 2.45) is 0 Å². The second-order valence-electron chi connectivity index (χ2n) is 2.64. The molecular weight excluding hydrogens is 130 g/mol. The maximum atomic E-state index is 5.50. The van der Waals surface area contributed by atoms with E-state index < -0.39 is 0 Å². The van der Waals surface area contributed by atoms with Crippen LogP contribution in [0.5, 0.6) is 0 Å². The summed E-state index contributed by atoms with van der Waals surface area (Å²) >= 11 is 0. The molecule has 4 nitrogen and oxygen atoms in total. The van der Waals surface area contributed by atoms with Crippen LogP contribution < -0.4 is 5.73 Å². The molecule has 2 N–H and O–H groups in total. The van der Waals surface area contributed by atoms with E-state index in [0.717, 1.165) is 24.3 Å². The summed E-state index contributed by atoms with van der Waals surface area (Å²) in [7, 11) is 2.03. The molecule has 0 aromatic carbocycles. The van der Waals surface area contributed by atoms with Crippen molar-refractivity contribution in [3.05, 3.63) is 11.3 Å². The fourth-order valence-electron chi connectivity index (χ4n) is 1.23. The molecule has 0 unspecified atom stereocenters. The largest absolute Gasteiger partial charge is 0.367 e. The van der Waals surface area contributed by atoms with Crippen molar-refractivity contribution in [1.82, 2.24) is 10.1 Å². The van der Waals surface area contributed by atoms with Gasteiger partial charge in [0.05, 0.1) is 5.56 Å². The zero-order valence-corrected chi connectivity index (χ0v) is 5.79. The number of anilines is 1. The van der Waals surface area contributed by atoms with Crippen LogP contribution in [0.4, 0.5) is 5.88 Å². The summed E-state index contributed by atoms with van der Waals surface area (Å²) in [5, 5.41) is 3.81. The lowest BCUT2D eigenvalue weighted by Crippen LogP contribution is -2.08. The minimum Gasteiger partial charge on any atom is -0.367 e. The van der Waals surface area contributed by atoms with E-state index in [-0.39, 0.29) is 0 Å². The molecule has 1 aliphatic rings. The van der Waals surface area contributed by atoms with E-state index in [2.05, 4.69) is 10.1 Å². The van der Waals surface area contributed by atoms with Crippen LogP contribution in [-0.4, -0.2) is 17.1 Å². The second kappa shape index (κ2) is 1.73. The predicted octanol–water partition coefficient (Wildman–Crippen LogP) is 0.202. The Morgan fingerprint density at radius 2 is 2.40 bits per heavy atom. The van der Waals surface area contributed by atoms with Gasteiger partial charge in [-0.2, -0.15) is 0 Å². The lowest BCUT2D eigenvalue weighted by Gasteiger charge is -2.03. The number of hydrogen-bond acceptors (Lipinski definition) is 4. The molecule has 0 atom stereocenters. The third-order valence-corrected chi connectivity index (χ3v) is 1.75. The van der Waals surface area contributed by atoms with Crippen molar-refractivity contribution in [1.29, 1.82) is 0 Å². The Balaban J connectivity index is 2.44.